The second-order valence-corrected chi connectivity index (χ2v) is 17.0. The number of carbonyl (C=O) groups is 4. The van der Waals surface area contributed by atoms with Gasteiger partial charge in [0.25, 0.3) is 11.8 Å². The summed E-state index contributed by atoms with van der Waals surface area (Å²) in [6.07, 6.45) is 8.70. The van der Waals surface area contributed by atoms with Gasteiger partial charge in [-0.1, -0.05) is 25.0 Å². The molecule has 5 atom stereocenters. The van der Waals surface area contributed by atoms with Gasteiger partial charge in [-0.05, 0) is 70.6 Å². The normalized spacial score (nSPS) is 27.1. The van der Waals surface area contributed by atoms with Crippen molar-refractivity contribution >= 4 is 44.7 Å². The molecule has 4 heterocycles. The maximum absolute atomic E-state index is 14.5. The number of carbonyl (C=O) groups excluding carboxylic acids is 4. The first kappa shape index (κ1) is 36.4. The number of nitrogens with one attached hydrogen (secondary N) is 3. The van der Waals surface area contributed by atoms with E-state index in [2.05, 4.69) is 30.4 Å². The molecule has 3 aromatic rings. The molecule has 17 heteroatoms. The molecule has 2 aliphatic carbocycles. The van der Waals surface area contributed by atoms with Crippen molar-refractivity contribution in [3.8, 4) is 5.88 Å². The fraction of sp³-hybridized carbons (Fsp3) is 0.528. The van der Waals surface area contributed by atoms with E-state index in [1.807, 2.05) is 12.2 Å². The zero-order valence-electron chi connectivity index (χ0n) is 29.8. The van der Waals surface area contributed by atoms with Gasteiger partial charge in [0.05, 0.1) is 22.3 Å². The number of sulfonamides is 1. The Morgan fingerprint density at radius 3 is 2.62 bits per heavy atom. The number of ether oxygens (including phenoxy) is 1. The van der Waals surface area contributed by atoms with Crippen molar-refractivity contribution in [3.05, 3.63) is 59.8 Å². The molecule has 3 N–H and O–H groups in total. The van der Waals surface area contributed by atoms with Crippen LogP contribution < -0.4 is 20.1 Å². The van der Waals surface area contributed by atoms with Crippen LogP contribution in [0.4, 0.5) is 4.39 Å². The van der Waals surface area contributed by atoms with E-state index in [1.54, 1.807) is 27.1 Å². The van der Waals surface area contributed by atoms with Crippen molar-refractivity contribution in [1.29, 1.82) is 0 Å². The molecule has 0 spiro atoms. The average Bonchev–Trinajstić information content (AvgIpc) is 3.91. The van der Waals surface area contributed by atoms with Crippen molar-refractivity contribution in [1.82, 2.24) is 40.0 Å². The summed E-state index contributed by atoms with van der Waals surface area (Å²) in [6, 6.07) is 3.37. The lowest BCUT2D eigenvalue weighted by Crippen LogP contribution is -2.58. The van der Waals surface area contributed by atoms with Crippen LogP contribution in [0.2, 0.25) is 0 Å². The van der Waals surface area contributed by atoms with Gasteiger partial charge in [0, 0.05) is 31.6 Å². The molecule has 3 fully saturated rings. The lowest BCUT2D eigenvalue weighted by molar-refractivity contribution is -0.141. The summed E-state index contributed by atoms with van der Waals surface area (Å²) in [5.74, 6) is -3.42. The lowest BCUT2D eigenvalue weighted by atomic mass is 10.0. The Kier molecular flexibility index (Phi) is 9.49. The molecule has 2 aromatic heterocycles. The first-order valence-electron chi connectivity index (χ1n) is 17.9. The highest BCUT2D eigenvalue weighted by molar-refractivity contribution is 7.91. The third-order valence-corrected chi connectivity index (χ3v) is 12.9. The summed E-state index contributed by atoms with van der Waals surface area (Å²) < 4.78 is 49.2. The van der Waals surface area contributed by atoms with E-state index in [9.17, 15) is 32.0 Å². The molecule has 53 heavy (non-hydrogen) atoms. The number of amides is 4. The van der Waals surface area contributed by atoms with Gasteiger partial charge in [0.2, 0.25) is 27.7 Å². The maximum Gasteiger partial charge on any atom is 0.272 e. The van der Waals surface area contributed by atoms with Crippen molar-refractivity contribution < 1.29 is 36.7 Å². The minimum atomic E-state index is -4.01. The smallest absolute Gasteiger partial charge is 0.272 e. The maximum atomic E-state index is 14.5. The van der Waals surface area contributed by atoms with E-state index in [1.165, 1.54) is 33.8 Å². The number of fused-ring (bicyclic) bond motifs is 3. The van der Waals surface area contributed by atoms with Crippen LogP contribution in [0.25, 0.3) is 11.0 Å². The number of halogens is 1. The predicted octanol–water partition coefficient (Wildman–Crippen LogP) is 2.35. The SMILES string of the molecule is Cc1nc2ccc(F)cc2nc1O[C@@H]1C[C@H]2C(=O)N[C@]3(C(=O)NS(=O)(=O)C4(C)CC4)C[C@H]3C=CCCCCC[C@H](NC(=O)c3ccn(C)n3)C(=O)N2C1. The molecule has 15 nitrogen and oxygen atoms in total. The van der Waals surface area contributed by atoms with Crippen LogP contribution >= 0.6 is 0 Å². The third-order valence-electron chi connectivity index (χ3n) is 10.8. The number of hydrogen-bond acceptors (Lipinski definition) is 10. The number of hydrogen-bond donors (Lipinski definition) is 3. The first-order chi connectivity index (χ1) is 25.2. The largest absolute Gasteiger partial charge is 0.471 e. The number of aryl methyl sites for hydroxylation is 2. The highest BCUT2D eigenvalue weighted by Crippen LogP contribution is 2.47. The van der Waals surface area contributed by atoms with Gasteiger partial charge in [0.1, 0.15) is 40.9 Å². The molecular formula is C36H43FN8O7S. The highest BCUT2D eigenvalue weighted by atomic mass is 32.2. The standard InChI is InChI=1S/C36H43FN8O7S/c1-21-32(40-28-17-23(37)11-12-25(28)38-21)52-24-18-29-31(47)41-36(34(49)43-53(50,51)35(2)14-15-35)19-22(36)9-7-5-4-6-8-10-27(33(48)45(29)20-24)39-30(46)26-13-16-44(3)42-26/h7,9,11-13,16-17,22,24,27,29H,4-6,8,10,14-15,18-20H2,1-3H3,(H,39,46)(H,41,47)(H,43,49)/t22-,24-,27+,29+,36-/m1/s1. The lowest BCUT2D eigenvalue weighted by Gasteiger charge is -2.30. The Hall–Kier alpha value is -4.93. The van der Waals surface area contributed by atoms with E-state index in [0.29, 0.717) is 43.3 Å². The Bertz CT molecular complexity index is 2120. The van der Waals surface area contributed by atoms with Crippen LogP contribution in [-0.2, 0) is 31.5 Å². The Labute approximate surface area is 306 Å². The van der Waals surface area contributed by atoms with Gasteiger partial charge in [-0.2, -0.15) is 5.10 Å². The molecule has 0 radical (unpaired) electrons. The van der Waals surface area contributed by atoms with E-state index in [-0.39, 0.29) is 36.5 Å². The molecular weight excluding hydrogens is 708 g/mol. The molecule has 4 amide bonds. The van der Waals surface area contributed by atoms with Crippen molar-refractivity contribution in [2.75, 3.05) is 6.54 Å². The summed E-state index contributed by atoms with van der Waals surface area (Å²) >= 11 is 0. The molecule has 0 unspecified atom stereocenters. The van der Waals surface area contributed by atoms with Crippen molar-refractivity contribution in [2.24, 2.45) is 13.0 Å². The summed E-state index contributed by atoms with van der Waals surface area (Å²) in [5.41, 5.74) is -0.274. The number of benzene rings is 1. The minimum absolute atomic E-state index is 0.0185. The molecule has 4 aliphatic rings. The van der Waals surface area contributed by atoms with Gasteiger partial charge >= 0.3 is 0 Å². The number of rotatable bonds is 7. The zero-order chi connectivity index (χ0) is 37.7. The van der Waals surface area contributed by atoms with E-state index in [0.717, 1.165) is 12.8 Å². The van der Waals surface area contributed by atoms with Crippen LogP contribution in [0, 0.1) is 18.7 Å². The number of aromatic nitrogens is 4. The zero-order valence-corrected chi connectivity index (χ0v) is 30.6. The van der Waals surface area contributed by atoms with Gasteiger partial charge in [-0.3, -0.25) is 28.6 Å². The molecule has 7 rings (SSSR count). The van der Waals surface area contributed by atoms with Crippen molar-refractivity contribution in [2.45, 2.75) is 100 Å². The van der Waals surface area contributed by atoms with Gasteiger partial charge in [-0.15, -0.1) is 0 Å². The summed E-state index contributed by atoms with van der Waals surface area (Å²) in [5, 5.41) is 9.83. The quantitative estimate of drug-likeness (QED) is 0.302. The Morgan fingerprint density at radius 1 is 1.09 bits per heavy atom. The van der Waals surface area contributed by atoms with Crippen molar-refractivity contribution in [3.63, 3.8) is 0 Å². The van der Waals surface area contributed by atoms with Gasteiger partial charge in [0.15, 0.2) is 0 Å². The molecule has 1 aromatic carbocycles. The first-order valence-corrected chi connectivity index (χ1v) is 19.4. The number of allylic oxidation sites excluding steroid dienone is 1. The van der Waals surface area contributed by atoms with E-state index < -0.39 is 73.9 Å². The third kappa shape index (κ3) is 7.35. The van der Waals surface area contributed by atoms with Crippen LogP contribution in [0.1, 0.15) is 80.9 Å². The number of nitrogens with zero attached hydrogens (tertiary/aromatic N) is 5. The van der Waals surface area contributed by atoms with Crippen LogP contribution in [0.15, 0.2) is 42.6 Å². The molecule has 2 aliphatic heterocycles. The molecule has 1 saturated heterocycles. The fourth-order valence-electron chi connectivity index (χ4n) is 7.08. The minimum Gasteiger partial charge on any atom is -0.471 e. The van der Waals surface area contributed by atoms with E-state index >= 15 is 0 Å². The second-order valence-electron chi connectivity index (χ2n) is 14.9. The molecule has 2 saturated carbocycles. The Morgan fingerprint density at radius 2 is 1.89 bits per heavy atom. The van der Waals surface area contributed by atoms with Crippen LogP contribution in [-0.4, -0.2) is 91.7 Å². The summed E-state index contributed by atoms with van der Waals surface area (Å²) in [6.45, 7) is 3.17. The van der Waals surface area contributed by atoms with Gasteiger partial charge in [-0.25, -0.2) is 22.8 Å². The summed E-state index contributed by atoms with van der Waals surface area (Å²) in [4.78, 5) is 66.2. The predicted molar refractivity (Wildman–Crippen MR) is 189 cm³/mol. The van der Waals surface area contributed by atoms with Gasteiger partial charge < -0.3 is 20.3 Å². The average molecular weight is 751 g/mol. The molecule has 282 valence electrons. The highest BCUT2D eigenvalue weighted by Gasteiger charge is 2.63. The topological polar surface area (TPSA) is 195 Å². The monoisotopic (exact) mass is 750 g/mol. The Balaban J connectivity index is 1.20. The fourth-order valence-corrected chi connectivity index (χ4v) is 8.40. The van der Waals surface area contributed by atoms with Crippen LogP contribution in [0.3, 0.4) is 0 Å². The second kappa shape index (κ2) is 13.8. The van der Waals surface area contributed by atoms with Crippen LogP contribution in [0.5, 0.6) is 5.88 Å². The molecule has 0 bridgehead atoms. The summed E-state index contributed by atoms with van der Waals surface area (Å²) in [7, 11) is -2.33. The van der Waals surface area contributed by atoms with E-state index in [4.69, 9.17) is 4.74 Å².